The molecule has 4 aliphatic rings. The van der Waals surface area contributed by atoms with E-state index in [4.69, 9.17) is 14.2 Å². The number of methoxy groups -OCH3 is 1. The Morgan fingerprint density at radius 3 is 2.35 bits per heavy atom. The summed E-state index contributed by atoms with van der Waals surface area (Å²) in [4.78, 5) is 26.4. The van der Waals surface area contributed by atoms with E-state index in [2.05, 4.69) is 10.6 Å². The van der Waals surface area contributed by atoms with Gasteiger partial charge in [0.1, 0.15) is 11.4 Å². The first-order chi connectivity index (χ1) is 14.5. The van der Waals surface area contributed by atoms with Crippen molar-refractivity contribution in [1.29, 1.82) is 0 Å². The van der Waals surface area contributed by atoms with Crippen LogP contribution in [0.5, 0.6) is 0 Å². The molecule has 1 aromatic rings. The van der Waals surface area contributed by atoms with Crippen molar-refractivity contribution in [3.8, 4) is 0 Å². The van der Waals surface area contributed by atoms with E-state index in [0.29, 0.717) is 62.5 Å². The van der Waals surface area contributed by atoms with Gasteiger partial charge in [-0.1, -0.05) is 0 Å². The van der Waals surface area contributed by atoms with Crippen molar-refractivity contribution in [3.63, 3.8) is 0 Å². The van der Waals surface area contributed by atoms with Crippen molar-refractivity contribution >= 4 is 23.4 Å². The summed E-state index contributed by atoms with van der Waals surface area (Å²) in [6.07, 6.45) is 1.63. The molecule has 170 valence electrons. The third kappa shape index (κ3) is 4.28. The second-order valence-corrected chi connectivity index (χ2v) is 9.78. The Hall–Kier alpha value is -2.55. The normalized spacial score (nSPS) is 26.9. The maximum Gasteiger partial charge on any atom is 0.408 e. The highest BCUT2D eigenvalue weighted by Gasteiger charge is 2.69. The highest BCUT2D eigenvalue weighted by molar-refractivity contribution is 5.97. The van der Waals surface area contributed by atoms with Gasteiger partial charge < -0.3 is 29.7 Å². The number of nitrogens with one attached hydrogen (secondary N) is 2. The van der Waals surface area contributed by atoms with Crippen molar-refractivity contribution in [2.24, 2.45) is 0 Å². The molecule has 5 rings (SSSR count). The average Bonchev–Trinajstić information content (AvgIpc) is 2.64. The number of halogens is 1. The van der Waals surface area contributed by atoms with Crippen LogP contribution in [-0.2, 0) is 14.2 Å². The molecule has 4 fully saturated rings. The zero-order valence-electron chi connectivity index (χ0n) is 18.5. The maximum atomic E-state index is 14.9. The first-order valence-corrected chi connectivity index (χ1v) is 10.6. The summed E-state index contributed by atoms with van der Waals surface area (Å²) in [7, 11) is 1.31. The predicted octanol–water partition coefficient (Wildman–Crippen LogP) is 3.06. The van der Waals surface area contributed by atoms with Gasteiger partial charge in [0, 0.05) is 24.7 Å². The number of ether oxygens (including phenoxy) is 3. The summed E-state index contributed by atoms with van der Waals surface area (Å²) in [6, 6.07) is 2.92. The van der Waals surface area contributed by atoms with Crippen LogP contribution >= 0.6 is 0 Å². The summed E-state index contributed by atoms with van der Waals surface area (Å²) in [5.74, 6) is -0.921. The van der Waals surface area contributed by atoms with Gasteiger partial charge in [-0.2, -0.15) is 0 Å². The van der Waals surface area contributed by atoms with Gasteiger partial charge in [0.05, 0.1) is 42.8 Å². The summed E-state index contributed by atoms with van der Waals surface area (Å²) in [6.45, 7) is 7.62. The molecule has 1 saturated heterocycles. The molecule has 0 spiro atoms. The molecule has 3 saturated carbocycles. The summed E-state index contributed by atoms with van der Waals surface area (Å²) in [5, 5.41) is 6.30. The van der Waals surface area contributed by atoms with Gasteiger partial charge in [-0.25, -0.2) is 14.0 Å². The molecule has 0 unspecified atom stereocenters. The van der Waals surface area contributed by atoms with Gasteiger partial charge in [-0.05, 0) is 46.1 Å². The summed E-state index contributed by atoms with van der Waals surface area (Å²) in [5.41, 5.74) is -0.0534. The van der Waals surface area contributed by atoms with Crippen LogP contribution < -0.4 is 15.5 Å². The van der Waals surface area contributed by atoms with Crippen LogP contribution in [-0.4, -0.2) is 62.2 Å². The molecule has 2 bridgehead atoms. The first kappa shape index (κ1) is 21.7. The second-order valence-electron chi connectivity index (χ2n) is 9.78. The lowest BCUT2D eigenvalue weighted by Crippen LogP contribution is -2.81. The molecule has 0 aromatic heterocycles. The molecule has 2 N–H and O–H groups in total. The summed E-state index contributed by atoms with van der Waals surface area (Å²) < 4.78 is 30.6. The Bertz CT molecular complexity index is 872. The third-order valence-corrected chi connectivity index (χ3v) is 6.04. The lowest BCUT2D eigenvalue weighted by molar-refractivity contribution is -0.0658. The number of morpholine rings is 1. The molecule has 1 aromatic carbocycles. The van der Waals surface area contributed by atoms with Crippen LogP contribution in [0.4, 0.5) is 20.6 Å². The van der Waals surface area contributed by atoms with Crippen molar-refractivity contribution in [3.05, 3.63) is 23.5 Å². The number of hydrogen-bond acceptors (Lipinski definition) is 7. The van der Waals surface area contributed by atoms with Crippen molar-refractivity contribution in [1.82, 2.24) is 5.32 Å². The standard InChI is InChI=1S/C22H30FN3O5/c1-20(2,3)31-19(28)25-22-11-21(12-22,13-22)24-16-10-15(23)17(9-14(16)18(27)29-4)26-5-7-30-8-6-26/h9-10,24H,5-8,11-13H2,1-4H3,(H,25,28). The number of benzene rings is 1. The molecule has 8 nitrogen and oxygen atoms in total. The Morgan fingerprint density at radius 1 is 1.13 bits per heavy atom. The molecule has 1 heterocycles. The van der Waals surface area contributed by atoms with Crippen molar-refractivity contribution < 1.29 is 28.2 Å². The van der Waals surface area contributed by atoms with Crippen LogP contribution in [0.15, 0.2) is 12.1 Å². The van der Waals surface area contributed by atoms with Gasteiger partial charge in [0.15, 0.2) is 0 Å². The van der Waals surface area contributed by atoms with E-state index in [9.17, 15) is 14.0 Å². The Kier molecular flexibility index (Phi) is 5.28. The minimum Gasteiger partial charge on any atom is -0.465 e. The molecule has 1 aliphatic heterocycles. The minimum atomic E-state index is -0.557. The molecule has 3 aliphatic carbocycles. The number of esters is 1. The van der Waals surface area contributed by atoms with Gasteiger partial charge in [-0.15, -0.1) is 0 Å². The SMILES string of the molecule is COC(=O)c1cc(N2CCOCC2)c(F)cc1NC12CC(NC(=O)OC(C)(C)C)(C1)C2. The zero-order valence-corrected chi connectivity index (χ0v) is 18.5. The fourth-order valence-electron chi connectivity index (χ4n) is 4.85. The highest BCUT2D eigenvalue weighted by Crippen LogP contribution is 2.62. The fourth-order valence-corrected chi connectivity index (χ4v) is 4.85. The lowest BCUT2D eigenvalue weighted by Gasteiger charge is -2.70. The quantitative estimate of drug-likeness (QED) is 0.687. The molecule has 9 heteroatoms. The number of rotatable bonds is 5. The molecule has 0 radical (unpaired) electrons. The van der Waals surface area contributed by atoms with Crippen molar-refractivity contribution in [2.45, 2.75) is 56.7 Å². The molecule has 0 atom stereocenters. The van der Waals surface area contributed by atoms with Gasteiger partial charge >= 0.3 is 12.1 Å². The average molecular weight is 435 g/mol. The van der Waals surface area contributed by atoms with E-state index in [-0.39, 0.29) is 11.1 Å². The van der Waals surface area contributed by atoms with Crippen LogP contribution in [0.25, 0.3) is 0 Å². The largest absolute Gasteiger partial charge is 0.465 e. The van der Waals surface area contributed by atoms with E-state index in [0.717, 1.165) is 0 Å². The monoisotopic (exact) mass is 435 g/mol. The second kappa shape index (κ2) is 7.55. The van der Waals surface area contributed by atoms with Gasteiger partial charge in [-0.3, -0.25) is 0 Å². The number of carbonyl (C=O) groups is 2. The third-order valence-electron chi connectivity index (χ3n) is 6.04. The van der Waals surface area contributed by atoms with Crippen molar-refractivity contribution in [2.75, 3.05) is 43.6 Å². The van der Waals surface area contributed by atoms with E-state index >= 15 is 0 Å². The van der Waals surface area contributed by atoms with E-state index in [1.165, 1.54) is 13.2 Å². The maximum absolute atomic E-state index is 14.9. The Labute approximate surface area is 181 Å². The number of carbonyl (C=O) groups excluding carboxylic acids is 2. The molecular weight excluding hydrogens is 405 g/mol. The molecule has 31 heavy (non-hydrogen) atoms. The lowest BCUT2D eigenvalue weighted by atomic mass is 9.44. The van der Waals surface area contributed by atoms with Crippen LogP contribution in [0.3, 0.4) is 0 Å². The zero-order chi connectivity index (χ0) is 22.4. The smallest absolute Gasteiger partial charge is 0.408 e. The fraction of sp³-hybridized carbons (Fsp3) is 0.636. The van der Waals surface area contributed by atoms with E-state index in [1.54, 1.807) is 6.07 Å². The molecular formula is C22H30FN3O5. The van der Waals surface area contributed by atoms with Gasteiger partial charge in [0.2, 0.25) is 0 Å². The van der Waals surface area contributed by atoms with Gasteiger partial charge in [0.25, 0.3) is 0 Å². The number of amides is 1. The number of alkyl carbamates (subject to hydrolysis) is 1. The summed E-state index contributed by atoms with van der Waals surface area (Å²) >= 11 is 0. The number of anilines is 2. The predicted molar refractivity (Wildman–Crippen MR) is 113 cm³/mol. The topological polar surface area (TPSA) is 89.1 Å². The Morgan fingerprint density at radius 2 is 1.77 bits per heavy atom. The Balaban J connectivity index is 1.46. The van der Waals surface area contributed by atoms with Crippen LogP contribution in [0.2, 0.25) is 0 Å². The minimum absolute atomic E-state index is 0.273. The highest BCUT2D eigenvalue weighted by atomic mass is 19.1. The number of nitrogens with zero attached hydrogens (tertiary/aromatic N) is 1. The molecule has 1 amide bonds. The first-order valence-electron chi connectivity index (χ1n) is 10.6. The van der Waals surface area contributed by atoms with Crippen LogP contribution in [0, 0.1) is 5.82 Å². The van der Waals surface area contributed by atoms with E-state index < -0.39 is 23.5 Å². The number of hydrogen-bond donors (Lipinski definition) is 2. The van der Waals surface area contributed by atoms with E-state index in [1.807, 2.05) is 25.7 Å². The van der Waals surface area contributed by atoms with Crippen LogP contribution in [0.1, 0.15) is 50.4 Å².